The lowest BCUT2D eigenvalue weighted by molar-refractivity contribution is -0.143. The Balaban J connectivity index is 2.27. The Labute approximate surface area is 120 Å². The monoisotopic (exact) mass is 299 g/mol. The van der Waals surface area contributed by atoms with E-state index in [2.05, 4.69) is 5.32 Å². The first-order valence-electron chi connectivity index (χ1n) is 6.48. The molecule has 0 aromatic rings. The summed E-state index contributed by atoms with van der Waals surface area (Å²) in [5, 5.41) is 20.8. The van der Waals surface area contributed by atoms with Crippen molar-refractivity contribution in [2.45, 2.75) is 38.0 Å². The molecule has 21 heavy (non-hydrogen) atoms. The Morgan fingerprint density at radius 3 is 2.52 bits per heavy atom. The van der Waals surface area contributed by atoms with E-state index >= 15 is 0 Å². The van der Waals surface area contributed by atoms with E-state index < -0.39 is 41.5 Å². The Morgan fingerprint density at radius 2 is 1.95 bits per heavy atom. The van der Waals surface area contributed by atoms with Crippen molar-refractivity contribution in [1.82, 2.24) is 15.1 Å². The van der Waals surface area contributed by atoms with E-state index in [-0.39, 0.29) is 19.5 Å². The van der Waals surface area contributed by atoms with Crippen LogP contribution in [0, 0.1) is 0 Å². The maximum atomic E-state index is 12.5. The number of carboxylic acid groups (broad SMARTS) is 1. The molecule has 116 valence electrons. The first-order chi connectivity index (χ1) is 9.64. The smallest absolute Gasteiger partial charge is 0.326 e. The number of imide groups is 1. The highest BCUT2D eigenvalue weighted by Gasteiger charge is 2.48. The number of urea groups is 1. The summed E-state index contributed by atoms with van der Waals surface area (Å²) in [6, 6.07) is -1.91. The number of carboxylic acids is 1. The minimum absolute atomic E-state index is 0.0739. The Morgan fingerprint density at radius 1 is 1.33 bits per heavy atom. The van der Waals surface area contributed by atoms with Crippen LogP contribution < -0.4 is 5.32 Å². The minimum atomic E-state index is -1.28. The predicted octanol–water partition coefficient (Wildman–Crippen LogP) is -1.64. The maximum Gasteiger partial charge on any atom is 0.326 e. The maximum absolute atomic E-state index is 12.5. The fourth-order valence-corrected chi connectivity index (χ4v) is 2.50. The average Bonchev–Trinajstić information content (AvgIpc) is 2.75. The van der Waals surface area contributed by atoms with Gasteiger partial charge < -0.3 is 20.0 Å². The summed E-state index contributed by atoms with van der Waals surface area (Å²) in [6.07, 6.45) is -1.01. The van der Waals surface area contributed by atoms with Crippen molar-refractivity contribution in [3.63, 3.8) is 0 Å². The van der Waals surface area contributed by atoms with Gasteiger partial charge in [0.05, 0.1) is 6.10 Å². The van der Waals surface area contributed by atoms with Gasteiger partial charge >= 0.3 is 12.0 Å². The van der Waals surface area contributed by atoms with Gasteiger partial charge in [-0.15, -0.1) is 0 Å². The molecule has 2 saturated heterocycles. The first kappa shape index (κ1) is 15.2. The second-order valence-electron chi connectivity index (χ2n) is 5.70. The van der Waals surface area contributed by atoms with Crippen LogP contribution in [0.25, 0.3) is 0 Å². The lowest BCUT2D eigenvalue weighted by Gasteiger charge is -2.42. The van der Waals surface area contributed by atoms with E-state index in [0.717, 1.165) is 9.80 Å². The van der Waals surface area contributed by atoms with Crippen molar-refractivity contribution in [2.24, 2.45) is 0 Å². The quantitative estimate of drug-likeness (QED) is 0.498. The molecular weight excluding hydrogens is 282 g/mol. The number of nitrogens with zero attached hydrogens (tertiary/aromatic N) is 2. The lowest BCUT2D eigenvalue weighted by Crippen LogP contribution is -2.67. The Kier molecular flexibility index (Phi) is 3.62. The number of aliphatic hydroxyl groups is 1. The van der Waals surface area contributed by atoms with Crippen LogP contribution in [0.4, 0.5) is 4.79 Å². The number of aliphatic carboxylic acids is 1. The van der Waals surface area contributed by atoms with E-state index in [0.29, 0.717) is 0 Å². The summed E-state index contributed by atoms with van der Waals surface area (Å²) >= 11 is 0. The van der Waals surface area contributed by atoms with E-state index in [1.54, 1.807) is 0 Å². The zero-order chi connectivity index (χ0) is 15.9. The fourth-order valence-electron chi connectivity index (χ4n) is 2.50. The van der Waals surface area contributed by atoms with Gasteiger partial charge in [-0.1, -0.05) is 0 Å². The number of hydrogen-bond acceptors (Lipinski definition) is 5. The molecular formula is C12H17N3O6. The number of aliphatic hydroxyl groups excluding tert-OH is 1. The molecule has 2 fully saturated rings. The van der Waals surface area contributed by atoms with Crippen LogP contribution in [-0.2, 0) is 14.4 Å². The molecule has 0 spiro atoms. The highest BCUT2D eigenvalue weighted by Crippen LogP contribution is 2.25. The van der Waals surface area contributed by atoms with E-state index in [4.69, 9.17) is 5.11 Å². The zero-order valence-corrected chi connectivity index (χ0v) is 11.7. The van der Waals surface area contributed by atoms with Crippen molar-refractivity contribution in [3.05, 3.63) is 0 Å². The third-order valence-electron chi connectivity index (χ3n) is 3.83. The van der Waals surface area contributed by atoms with Gasteiger partial charge in [0.1, 0.15) is 18.1 Å². The van der Waals surface area contributed by atoms with Crippen molar-refractivity contribution in [1.29, 1.82) is 0 Å². The number of carbonyl (C=O) groups is 4. The molecule has 2 atom stereocenters. The zero-order valence-electron chi connectivity index (χ0n) is 11.7. The highest BCUT2D eigenvalue weighted by atomic mass is 16.4. The summed E-state index contributed by atoms with van der Waals surface area (Å²) < 4.78 is 0. The van der Waals surface area contributed by atoms with Crippen LogP contribution in [0.5, 0.6) is 0 Å². The molecule has 0 unspecified atom stereocenters. The number of nitrogens with one attached hydrogen (secondary N) is 1. The second kappa shape index (κ2) is 4.99. The Hall–Kier alpha value is -2.16. The van der Waals surface area contributed by atoms with E-state index in [1.165, 1.54) is 13.8 Å². The molecule has 0 bridgehead atoms. The molecule has 2 aliphatic rings. The van der Waals surface area contributed by atoms with Gasteiger partial charge in [0.25, 0.3) is 5.91 Å². The van der Waals surface area contributed by atoms with Gasteiger partial charge in [0, 0.05) is 13.0 Å². The van der Waals surface area contributed by atoms with Gasteiger partial charge in [-0.2, -0.15) is 0 Å². The minimum Gasteiger partial charge on any atom is -0.480 e. The second-order valence-corrected chi connectivity index (χ2v) is 5.70. The van der Waals surface area contributed by atoms with Crippen LogP contribution in [0.15, 0.2) is 0 Å². The first-order valence-corrected chi connectivity index (χ1v) is 6.48. The number of β-amino-alcohol motifs (C(OH)–C–C–N with tert-alkyl or cyclic N) is 1. The van der Waals surface area contributed by atoms with Gasteiger partial charge in [0.15, 0.2) is 0 Å². The molecule has 2 aliphatic heterocycles. The third-order valence-corrected chi connectivity index (χ3v) is 3.83. The molecule has 4 amide bonds. The summed E-state index contributed by atoms with van der Waals surface area (Å²) in [6.45, 7) is 2.46. The van der Waals surface area contributed by atoms with Gasteiger partial charge in [0.2, 0.25) is 5.91 Å². The highest BCUT2D eigenvalue weighted by molar-refractivity contribution is 6.06. The molecule has 3 N–H and O–H groups in total. The van der Waals surface area contributed by atoms with Gasteiger partial charge in [-0.3, -0.25) is 14.9 Å². The number of carbonyl (C=O) groups excluding carboxylic acids is 3. The average molecular weight is 299 g/mol. The molecule has 0 aliphatic carbocycles. The van der Waals surface area contributed by atoms with Crippen molar-refractivity contribution in [2.75, 3.05) is 13.1 Å². The van der Waals surface area contributed by atoms with E-state index in [9.17, 15) is 24.3 Å². The van der Waals surface area contributed by atoms with Crippen LogP contribution in [0.3, 0.4) is 0 Å². The Bertz CT molecular complexity index is 517. The number of hydrogen-bond donors (Lipinski definition) is 3. The molecule has 9 heteroatoms. The molecule has 2 heterocycles. The predicted molar refractivity (Wildman–Crippen MR) is 68.1 cm³/mol. The van der Waals surface area contributed by atoms with Crippen LogP contribution >= 0.6 is 0 Å². The summed E-state index contributed by atoms with van der Waals surface area (Å²) in [5.74, 6) is -2.48. The molecule has 9 nitrogen and oxygen atoms in total. The SMILES string of the molecule is CC1(C)C(=O)NC(=O)CN1C(=O)N1C[C@H](O)C[C@H]1C(=O)O. The standard InChI is InChI=1S/C12H17N3O6/c1-12(2)10(20)13-8(17)5-15(12)11(21)14-4-6(16)3-7(14)9(18)19/h6-7,16H,3-5H2,1-2H3,(H,18,19)(H,13,17,20)/t6-,7+/m1/s1. The molecule has 0 aromatic carbocycles. The van der Waals surface area contributed by atoms with Crippen molar-refractivity contribution < 1.29 is 29.4 Å². The van der Waals surface area contributed by atoms with Gasteiger partial charge in [-0.25, -0.2) is 9.59 Å². The van der Waals surface area contributed by atoms with Crippen LogP contribution in [0.2, 0.25) is 0 Å². The number of likely N-dealkylation sites (tertiary alicyclic amines) is 1. The lowest BCUT2D eigenvalue weighted by atomic mass is 9.99. The van der Waals surface area contributed by atoms with Crippen molar-refractivity contribution in [3.8, 4) is 0 Å². The van der Waals surface area contributed by atoms with Gasteiger partial charge in [-0.05, 0) is 13.8 Å². The van der Waals surface area contributed by atoms with Crippen LogP contribution in [0.1, 0.15) is 20.3 Å². The largest absolute Gasteiger partial charge is 0.480 e. The number of piperazine rings is 1. The summed E-state index contributed by atoms with van der Waals surface area (Å²) in [4.78, 5) is 49.0. The fraction of sp³-hybridized carbons (Fsp3) is 0.667. The molecule has 0 aromatic heterocycles. The topological polar surface area (TPSA) is 127 Å². The number of amides is 4. The molecule has 0 saturated carbocycles. The number of rotatable bonds is 1. The molecule has 0 radical (unpaired) electrons. The van der Waals surface area contributed by atoms with E-state index in [1.807, 2.05) is 0 Å². The van der Waals surface area contributed by atoms with Crippen LogP contribution in [-0.4, -0.2) is 74.6 Å². The third kappa shape index (κ3) is 2.56. The normalized spacial score (nSPS) is 28.5. The molecule has 2 rings (SSSR count). The summed E-state index contributed by atoms with van der Waals surface area (Å²) in [7, 11) is 0. The van der Waals surface area contributed by atoms with Crippen molar-refractivity contribution >= 4 is 23.8 Å². The summed E-state index contributed by atoms with van der Waals surface area (Å²) in [5.41, 5.74) is -1.28.